The Kier molecular flexibility index (Phi) is 5.90. The Morgan fingerprint density at radius 3 is 2.60 bits per heavy atom. The van der Waals surface area contributed by atoms with Crippen LogP contribution in [0.25, 0.3) is 15.3 Å². The molecule has 152 valence electrons. The van der Waals surface area contributed by atoms with Crippen LogP contribution in [0.3, 0.4) is 0 Å². The van der Waals surface area contributed by atoms with Crippen molar-refractivity contribution in [1.82, 2.24) is 20.2 Å². The number of amides is 2. The number of aromatic nitrogens is 2. The van der Waals surface area contributed by atoms with Crippen LogP contribution in [0.1, 0.15) is 22.8 Å². The second-order valence-electron chi connectivity index (χ2n) is 6.99. The molecule has 7 heteroatoms. The number of nitrogens with zero attached hydrogens (tertiary/aromatic N) is 2. The minimum Gasteiger partial charge on any atom is -0.354 e. The molecule has 1 atom stereocenters. The van der Waals surface area contributed by atoms with Crippen molar-refractivity contribution in [3.63, 3.8) is 0 Å². The Morgan fingerprint density at radius 2 is 1.83 bits per heavy atom. The van der Waals surface area contributed by atoms with Crippen molar-refractivity contribution in [3.05, 3.63) is 84.2 Å². The standard InChI is InChI=1S/C23H22N4O2S/c1-16(21(28)24-12-11-17-7-3-2-4-8-17)25-22(29)18-9-10-19-20(15-18)30-23(26-19)27-13-5-6-14-27/h2-10,13-16H,11-12H2,1H3,(H,24,28)(H,25,29)/t16-/m1/s1. The van der Waals surface area contributed by atoms with Gasteiger partial charge in [-0.15, -0.1) is 0 Å². The summed E-state index contributed by atoms with van der Waals surface area (Å²) in [5.74, 6) is -0.480. The number of nitrogens with one attached hydrogen (secondary N) is 2. The first-order valence-electron chi connectivity index (χ1n) is 9.76. The van der Waals surface area contributed by atoms with Gasteiger partial charge in [0.15, 0.2) is 5.13 Å². The van der Waals surface area contributed by atoms with Crippen molar-refractivity contribution in [2.75, 3.05) is 6.54 Å². The van der Waals surface area contributed by atoms with E-state index in [1.807, 2.05) is 71.6 Å². The Balaban J connectivity index is 1.35. The number of benzene rings is 2. The van der Waals surface area contributed by atoms with Crippen LogP contribution >= 0.6 is 11.3 Å². The zero-order valence-corrected chi connectivity index (χ0v) is 17.4. The van der Waals surface area contributed by atoms with Crippen LogP contribution in [0, 0.1) is 0 Å². The van der Waals surface area contributed by atoms with Gasteiger partial charge in [-0.25, -0.2) is 4.98 Å². The molecule has 0 fully saturated rings. The van der Waals surface area contributed by atoms with Gasteiger partial charge in [0.1, 0.15) is 6.04 Å². The van der Waals surface area contributed by atoms with E-state index in [4.69, 9.17) is 0 Å². The van der Waals surface area contributed by atoms with E-state index in [1.165, 1.54) is 11.3 Å². The van der Waals surface area contributed by atoms with Gasteiger partial charge in [0.25, 0.3) is 5.91 Å². The number of carbonyl (C=O) groups excluding carboxylic acids is 2. The third-order valence-electron chi connectivity index (χ3n) is 4.76. The molecular weight excluding hydrogens is 396 g/mol. The molecule has 2 heterocycles. The SMILES string of the molecule is C[C@@H](NC(=O)c1ccc2nc(-n3cccc3)sc2c1)C(=O)NCCc1ccccc1. The number of fused-ring (bicyclic) bond motifs is 1. The Bertz CT molecular complexity index is 1150. The van der Waals surface area contributed by atoms with E-state index >= 15 is 0 Å². The van der Waals surface area contributed by atoms with Crippen molar-refractivity contribution < 1.29 is 9.59 Å². The van der Waals surface area contributed by atoms with Gasteiger partial charge in [0.2, 0.25) is 5.91 Å². The summed E-state index contributed by atoms with van der Waals surface area (Å²) < 4.78 is 2.86. The summed E-state index contributed by atoms with van der Waals surface area (Å²) in [6.07, 6.45) is 4.62. The van der Waals surface area contributed by atoms with Gasteiger partial charge in [-0.3, -0.25) is 9.59 Å². The highest BCUT2D eigenvalue weighted by Gasteiger charge is 2.17. The molecule has 0 aliphatic rings. The van der Waals surface area contributed by atoms with Gasteiger partial charge in [-0.2, -0.15) is 0 Å². The predicted molar refractivity (Wildman–Crippen MR) is 119 cm³/mol. The van der Waals surface area contributed by atoms with Gasteiger partial charge >= 0.3 is 0 Å². The molecule has 0 saturated carbocycles. The first kappa shape index (κ1) is 19.8. The maximum Gasteiger partial charge on any atom is 0.251 e. The molecule has 4 aromatic rings. The van der Waals surface area contributed by atoms with E-state index in [2.05, 4.69) is 15.6 Å². The first-order valence-corrected chi connectivity index (χ1v) is 10.6. The monoisotopic (exact) mass is 418 g/mol. The van der Waals surface area contributed by atoms with Crippen LogP contribution in [0.4, 0.5) is 0 Å². The molecule has 2 amide bonds. The maximum atomic E-state index is 12.6. The summed E-state index contributed by atoms with van der Waals surface area (Å²) in [5.41, 5.74) is 2.51. The number of hydrogen-bond donors (Lipinski definition) is 2. The summed E-state index contributed by atoms with van der Waals surface area (Å²) in [6, 6.07) is 18.6. The molecule has 0 unspecified atom stereocenters. The van der Waals surface area contributed by atoms with Crippen molar-refractivity contribution in [1.29, 1.82) is 0 Å². The van der Waals surface area contributed by atoms with Crippen molar-refractivity contribution in [3.8, 4) is 5.13 Å². The van der Waals surface area contributed by atoms with Gasteiger partial charge in [0, 0.05) is 24.5 Å². The third kappa shape index (κ3) is 4.58. The van der Waals surface area contributed by atoms with E-state index < -0.39 is 6.04 Å². The largest absolute Gasteiger partial charge is 0.354 e. The number of rotatable bonds is 7. The summed E-state index contributed by atoms with van der Waals surface area (Å²) in [7, 11) is 0. The summed E-state index contributed by atoms with van der Waals surface area (Å²) in [4.78, 5) is 29.5. The molecule has 0 aliphatic heterocycles. The van der Waals surface area contributed by atoms with E-state index in [1.54, 1.807) is 13.0 Å². The van der Waals surface area contributed by atoms with E-state index in [9.17, 15) is 9.59 Å². The molecule has 0 bridgehead atoms. The van der Waals surface area contributed by atoms with Crippen molar-refractivity contribution in [2.24, 2.45) is 0 Å². The molecule has 0 radical (unpaired) electrons. The average Bonchev–Trinajstić information content (AvgIpc) is 3.43. The normalized spacial score (nSPS) is 11.9. The fraction of sp³-hybridized carbons (Fsp3) is 0.174. The van der Waals surface area contributed by atoms with Gasteiger partial charge < -0.3 is 15.2 Å². The second-order valence-corrected chi connectivity index (χ2v) is 8.00. The fourth-order valence-corrected chi connectivity index (χ4v) is 4.07. The average molecular weight is 419 g/mol. The molecular formula is C23H22N4O2S. The van der Waals surface area contributed by atoms with Crippen LogP contribution in [-0.2, 0) is 11.2 Å². The van der Waals surface area contributed by atoms with E-state index in [-0.39, 0.29) is 11.8 Å². The molecule has 0 saturated heterocycles. The highest BCUT2D eigenvalue weighted by atomic mass is 32.1. The lowest BCUT2D eigenvalue weighted by Gasteiger charge is -2.14. The molecule has 6 nitrogen and oxygen atoms in total. The van der Waals surface area contributed by atoms with Gasteiger partial charge in [-0.05, 0) is 49.2 Å². The smallest absolute Gasteiger partial charge is 0.251 e. The maximum absolute atomic E-state index is 12.6. The highest BCUT2D eigenvalue weighted by molar-refractivity contribution is 7.20. The van der Waals surface area contributed by atoms with Gasteiger partial charge in [-0.1, -0.05) is 41.7 Å². The number of thiazole rings is 1. The molecule has 0 spiro atoms. The first-order chi connectivity index (χ1) is 14.6. The van der Waals surface area contributed by atoms with E-state index in [0.29, 0.717) is 12.1 Å². The molecule has 2 N–H and O–H groups in total. The summed E-state index contributed by atoms with van der Waals surface area (Å²) in [5, 5.41) is 6.49. The third-order valence-corrected chi connectivity index (χ3v) is 5.79. The zero-order chi connectivity index (χ0) is 20.9. The topological polar surface area (TPSA) is 76.0 Å². The predicted octanol–water partition coefficient (Wildman–Crippen LogP) is 3.56. The molecule has 4 rings (SSSR count). The fourth-order valence-electron chi connectivity index (χ4n) is 3.10. The Morgan fingerprint density at radius 1 is 1.07 bits per heavy atom. The van der Waals surface area contributed by atoms with Crippen LogP contribution in [0.2, 0.25) is 0 Å². The van der Waals surface area contributed by atoms with Crippen molar-refractivity contribution in [2.45, 2.75) is 19.4 Å². The highest BCUT2D eigenvalue weighted by Crippen LogP contribution is 2.26. The zero-order valence-electron chi connectivity index (χ0n) is 16.5. The van der Waals surface area contributed by atoms with Crippen LogP contribution < -0.4 is 10.6 Å². The molecule has 2 aromatic carbocycles. The Labute approximate surface area is 178 Å². The summed E-state index contributed by atoms with van der Waals surface area (Å²) >= 11 is 1.51. The Hall–Kier alpha value is -3.45. The van der Waals surface area contributed by atoms with Crippen LogP contribution in [-0.4, -0.2) is 34.0 Å². The van der Waals surface area contributed by atoms with Crippen molar-refractivity contribution >= 4 is 33.4 Å². The minimum absolute atomic E-state index is 0.201. The lowest BCUT2D eigenvalue weighted by molar-refractivity contribution is -0.122. The molecule has 0 aliphatic carbocycles. The lowest BCUT2D eigenvalue weighted by Crippen LogP contribution is -2.45. The molecule has 30 heavy (non-hydrogen) atoms. The number of carbonyl (C=O) groups is 2. The lowest BCUT2D eigenvalue weighted by atomic mass is 10.1. The minimum atomic E-state index is -0.624. The van der Waals surface area contributed by atoms with E-state index in [0.717, 1.165) is 27.3 Å². The molecule has 2 aromatic heterocycles. The second kappa shape index (κ2) is 8.92. The van der Waals surface area contributed by atoms with Crippen LogP contribution in [0.15, 0.2) is 73.1 Å². The van der Waals surface area contributed by atoms with Crippen LogP contribution in [0.5, 0.6) is 0 Å². The van der Waals surface area contributed by atoms with Gasteiger partial charge in [0.05, 0.1) is 10.2 Å². The number of hydrogen-bond acceptors (Lipinski definition) is 4. The summed E-state index contributed by atoms with van der Waals surface area (Å²) in [6.45, 7) is 2.21. The quantitative estimate of drug-likeness (QED) is 0.482.